The molecule has 1 aromatic carbocycles. The van der Waals surface area contributed by atoms with E-state index >= 15 is 0 Å². The third-order valence-corrected chi connectivity index (χ3v) is 5.52. The fourth-order valence-electron chi connectivity index (χ4n) is 3.63. The number of ether oxygens (including phenoxy) is 1. The lowest BCUT2D eigenvalue weighted by Gasteiger charge is -2.34. The van der Waals surface area contributed by atoms with Crippen molar-refractivity contribution in [3.63, 3.8) is 0 Å². The second-order valence-electron chi connectivity index (χ2n) is 7.36. The molecule has 0 aliphatic carbocycles. The third kappa shape index (κ3) is 7.53. The van der Waals surface area contributed by atoms with E-state index in [4.69, 9.17) is 4.74 Å². The average Bonchev–Trinajstić information content (AvgIpc) is 2.82. The monoisotopic (exact) mass is 538 g/mol. The molecule has 2 aromatic rings. The molecule has 0 atom stereocenters. The molecule has 7 nitrogen and oxygen atoms in total. The van der Waals surface area contributed by atoms with Crippen molar-refractivity contribution in [1.29, 1.82) is 0 Å². The SMILES string of the molecule is CCN1CCN(c2ccc(CNC(=NC)NCCc3ccccc3OC)cn2)CC1.I. The molecule has 0 radical (unpaired) electrons. The highest BCUT2D eigenvalue weighted by atomic mass is 127. The summed E-state index contributed by atoms with van der Waals surface area (Å²) in [6, 6.07) is 12.4. The number of likely N-dealkylation sites (N-methyl/N-ethyl adjacent to an activating group) is 1. The standard InChI is InChI=1S/C23H34N6O.HI/c1-4-28-13-15-29(16-14-28)22-10-9-19(17-26-22)18-27-23(24-2)25-12-11-20-7-5-6-8-21(20)30-3;/h5-10,17H,4,11-16,18H2,1-3H3,(H2,24,25,27);1H. The van der Waals surface area contributed by atoms with Crippen LogP contribution in [0.2, 0.25) is 0 Å². The first-order valence-electron chi connectivity index (χ1n) is 10.7. The Morgan fingerprint density at radius 1 is 1.10 bits per heavy atom. The number of piperazine rings is 1. The molecule has 1 aromatic heterocycles. The number of benzene rings is 1. The first-order valence-corrected chi connectivity index (χ1v) is 10.7. The molecule has 1 aliphatic rings. The van der Waals surface area contributed by atoms with Gasteiger partial charge in [-0.2, -0.15) is 0 Å². The van der Waals surface area contributed by atoms with Crippen LogP contribution in [0.5, 0.6) is 5.75 Å². The average molecular weight is 538 g/mol. The number of nitrogens with one attached hydrogen (secondary N) is 2. The van der Waals surface area contributed by atoms with Gasteiger partial charge < -0.3 is 25.2 Å². The first-order chi connectivity index (χ1) is 14.7. The Hall–Kier alpha value is -2.07. The van der Waals surface area contributed by atoms with Crippen molar-refractivity contribution in [2.75, 3.05) is 58.3 Å². The topological polar surface area (TPSA) is 65.0 Å². The molecule has 8 heteroatoms. The van der Waals surface area contributed by atoms with Gasteiger partial charge in [0.05, 0.1) is 7.11 Å². The number of methoxy groups -OCH3 is 1. The van der Waals surface area contributed by atoms with Gasteiger partial charge in [0, 0.05) is 52.5 Å². The Balaban J connectivity index is 0.00000341. The number of rotatable bonds is 8. The van der Waals surface area contributed by atoms with Crippen molar-refractivity contribution in [3.8, 4) is 5.75 Å². The lowest BCUT2D eigenvalue weighted by molar-refractivity contribution is 0.270. The van der Waals surface area contributed by atoms with Gasteiger partial charge in [0.1, 0.15) is 11.6 Å². The molecular formula is C23H35IN6O. The fraction of sp³-hybridized carbons (Fsp3) is 0.478. The minimum Gasteiger partial charge on any atom is -0.496 e. The van der Waals surface area contributed by atoms with Gasteiger partial charge in [0.15, 0.2) is 5.96 Å². The van der Waals surface area contributed by atoms with Crippen LogP contribution in [0.25, 0.3) is 0 Å². The molecule has 0 spiro atoms. The van der Waals surface area contributed by atoms with Crippen LogP contribution in [0.15, 0.2) is 47.6 Å². The molecule has 1 aliphatic heterocycles. The maximum Gasteiger partial charge on any atom is 0.191 e. The molecule has 2 heterocycles. The molecule has 0 saturated carbocycles. The molecule has 0 unspecified atom stereocenters. The highest BCUT2D eigenvalue weighted by molar-refractivity contribution is 14.0. The Kier molecular flexibility index (Phi) is 10.9. The number of para-hydroxylation sites is 1. The quantitative estimate of drug-likeness (QED) is 0.306. The van der Waals surface area contributed by atoms with E-state index in [1.54, 1.807) is 14.2 Å². The van der Waals surface area contributed by atoms with Crippen LogP contribution in [-0.2, 0) is 13.0 Å². The summed E-state index contributed by atoms with van der Waals surface area (Å²) < 4.78 is 5.41. The summed E-state index contributed by atoms with van der Waals surface area (Å²) in [7, 11) is 3.49. The normalized spacial score (nSPS) is 14.7. The number of guanidine groups is 1. The van der Waals surface area contributed by atoms with Crippen LogP contribution in [0.4, 0.5) is 5.82 Å². The number of pyridine rings is 1. The van der Waals surface area contributed by atoms with Crippen LogP contribution in [0.1, 0.15) is 18.1 Å². The van der Waals surface area contributed by atoms with Gasteiger partial charge >= 0.3 is 0 Å². The molecule has 0 bridgehead atoms. The smallest absolute Gasteiger partial charge is 0.191 e. The van der Waals surface area contributed by atoms with E-state index in [1.165, 1.54) is 5.56 Å². The van der Waals surface area contributed by atoms with E-state index in [0.717, 1.165) is 68.8 Å². The molecule has 2 N–H and O–H groups in total. The number of hydrogen-bond acceptors (Lipinski definition) is 5. The van der Waals surface area contributed by atoms with Crippen LogP contribution in [0.3, 0.4) is 0 Å². The van der Waals surface area contributed by atoms with Crippen molar-refractivity contribution >= 4 is 35.8 Å². The van der Waals surface area contributed by atoms with Gasteiger partial charge in [-0.05, 0) is 36.2 Å². The van der Waals surface area contributed by atoms with Gasteiger partial charge in [-0.15, -0.1) is 24.0 Å². The molecule has 1 fully saturated rings. The van der Waals surface area contributed by atoms with Crippen LogP contribution >= 0.6 is 24.0 Å². The third-order valence-electron chi connectivity index (χ3n) is 5.52. The largest absolute Gasteiger partial charge is 0.496 e. The lowest BCUT2D eigenvalue weighted by atomic mass is 10.1. The number of nitrogens with zero attached hydrogens (tertiary/aromatic N) is 4. The zero-order chi connectivity index (χ0) is 21.2. The molecule has 0 amide bonds. The van der Waals surface area contributed by atoms with Crippen LogP contribution in [0, 0.1) is 0 Å². The summed E-state index contributed by atoms with van der Waals surface area (Å²) in [5.41, 5.74) is 2.32. The minimum absolute atomic E-state index is 0. The Bertz CT molecular complexity index is 806. The van der Waals surface area contributed by atoms with Crippen molar-refractivity contribution in [2.45, 2.75) is 19.9 Å². The van der Waals surface area contributed by atoms with Crippen molar-refractivity contribution in [3.05, 3.63) is 53.7 Å². The van der Waals surface area contributed by atoms with E-state index < -0.39 is 0 Å². The second kappa shape index (κ2) is 13.4. The fourth-order valence-corrected chi connectivity index (χ4v) is 3.63. The number of hydrogen-bond donors (Lipinski definition) is 2. The van der Waals surface area contributed by atoms with E-state index in [0.29, 0.717) is 6.54 Å². The number of anilines is 1. The molecular weight excluding hydrogens is 503 g/mol. The Morgan fingerprint density at radius 2 is 1.87 bits per heavy atom. The predicted octanol–water partition coefficient (Wildman–Crippen LogP) is 2.76. The highest BCUT2D eigenvalue weighted by Gasteiger charge is 2.16. The highest BCUT2D eigenvalue weighted by Crippen LogP contribution is 2.17. The van der Waals surface area contributed by atoms with Crippen LogP contribution < -0.4 is 20.3 Å². The summed E-state index contributed by atoms with van der Waals surface area (Å²) in [5.74, 6) is 2.77. The van der Waals surface area contributed by atoms with E-state index in [2.05, 4.69) is 55.5 Å². The summed E-state index contributed by atoms with van der Waals surface area (Å²) in [5, 5.41) is 6.72. The first kappa shape index (κ1) is 25.2. The Morgan fingerprint density at radius 3 is 2.52 bits per heavy atom. The number of halogens is 1. The zero-order valence-corrected chi connectivity index (χ0v) is 21.1. The minimum atomic E-state index is 0. The van der Waals surface area contributed by atoms with Crippen molar-refractivity contribution in [1.82, 2.24) is 20.5 Å². The predicted molar refractivity (Wildman–Crippen MR) is 139 cm³/mol. The molecule has 31 heavy (non-hydrogen) atoms. The maximum atomic E-state index is 5.41. The Labute approximate surface area is 203 Å². The number of aliphatic imine (C=N–C) groups is 1. The van der Waals surface area contributed by atoms with E-state index in [1.807, 2.05) is 24.4 Å². The van der Waals surface area contributed by atoms with Gasteiger partial charge in [0.2, 0.25) is 0 Å². The summed E-state index contributed by atoms with van der Waals surface area (Å²) in [4.78, 5) is 13.8. The maximum absolute atomic E-state index is 5.41. The van der Waals surface area contributed by atoms with E-state index in [9.17, 15) is 0 Å². The zero-order valence-electron chi connectivity index (χ0n) is 18.8. The summed E-state index contributed by atoms with van der Waals surface area (Å²) in [6.07, 6.45) is 2.82. The lowest BCUT2D eigenvalue weighted by Crippen LogP contribution is -2.46. The second-order valence-corrected chi connectivity index (χ2v) is 7.36. The molecule has 3 rings (SSSR count). The van der Waals surface area contributed by atoms with Gasteiger partial charge in [-0.1, -0.05) is 31.2 Å². The van der Waals surface area contributed by atoms with Gasteiger partial charge in [-0.25, -0.2) is 4.98 Å². The van der Waals surface area contributed by atoms with Gasteiger partial charge in [0.25, 0.3) is 0 Å². The van der Waals surface area contributed by atoms with Gasteiger partial charge in [-0.3, -0.25) is 4.99 Å². The van der Waals surface area contributed by atoms with Crippen molar-refractivity contribution in [2.24, 2.45) is 4.99 Å². The van der Waals surface area contributed by atoms with Crippen LogP contribution in [-0.4, -0.2) is 69.3 Å². The summed E-state index contributed by atoms with van der Waals surface area (Å²) >= 11 is 0. The number of aromatic nitrogens is 1. The molecule has 170 valence electrons. The van der Waals surface area contributed by atoms with Crippen molar-refractivity contribution < 1.29 is 4.74 Å². The van der Waals surface area contributed by atoms with E-state index in [-0.39, 0.29) is 24.0 Å². The summed E-state index contributed by atoms with van der Waals surface area (Å²) in [6.45, 7) is 9.11. The molecule has 1 saturated heterocycles.